The molecule has 0 atom stereocenters. The number of hydrogen-bond donors (Lipinski definition) is 1. The first-order valence-corrected chi connectivity index (χ1v) is 5.07. The van der Waals surface area contributed by atoms with Crippen molar-refractivity contribution in [3.8, 4) is 0 Å². The molecule has 0 aliphatic carbocycles. The molecular weight excluding hydrogens is 198 g/mol. The van der Waals surface area contributed by atoms with E-state index in [0.29, 0.717) is 5.71 Å². The molecule has 0 unspecified atom stereocenters. The van der Waals surface area contributed by atoms with Crippen LogP contribution in [0.15, 0.2) is 65.8 Å². The van der Waals surface area contributed by atoms with E-state index in [-0.39, 0.29) is 0 Å². The summed E-state index contributed by atoms with van der Waals surface area (Å²) in [4.78, 5) is 0. The molecule has 2 aromatic rings. The molecule has 0 spiro atoms. The number of rotatable bonds is 3. The van der Waals surface area contributed by atoms with E-state index in [1.807, 2.05) is 67.1 Å². The van der Waals surface area contributed by atoms with Gasteiger partial charge in [0.1, 0.15) is 0 Å². The molecule has 0 aliphatic rings. The van der Waals surface area contributed by atoms with Gasteiger partial charge in [0.2, 0.25) is 0 Å². The maximum Gasteiger partial charge on any atom is 0.0952 e. The van der Waals surface area contributed by atoms with Gasteiger partial charge in [-0.15, -0.1) is 0 Å². The lowest BCUT2D eigenvalue weighted by Gasteiger charge is -2.03. The van der Waals surface area contributed by atoms with Gasteiger partial charge in [0.15, 0.2) is 0 Å². The molecule has 0 amide bonds. The first-order chi connectivity index (χ1) is 7.90. The van der Waals surface area contributed by atoms with E-state index in [0.717, 1.165) is 11.1 Å². The highest BCUT2D eigenvalue weighted by Gasteiger charge is 2.04. The predicted molar refractivity (Wildman–Crippen MR) is 64.6 cm³/mol. The predicted octanol–water partition coefficient (Wildman–Crippen LogP) is 3.12. The SMILES string of the molecule is ON=C([CH]c1ccccc1)c1ccccc1. The molecule has 0 aromatic heterocycles. The third kappa shape index (κ3) is 2.48. The molecule has 0 aliphatic heterocycles. The molecule has 0 fully saturated rings. The van der Waals surface area contributed by atoms with Crippen molar-refractivity contribution in [1.29, 1.82) is 0 Å². The topological polar surface area (TPSA) is 32.6 Å². The van der Waals surface area contributed by atoms with Gasteiger partial charge in [-0.25, -0.2) is 0 Å². The fourth-order valence-electron chi connectivity index (χ4n) is 1.49. The third-order valence-electron chi connectivity index (χ3n) is 2.28. The van der Waals surface area contributed by atoms with E-state index in [1.54, 1.807) is 0 Å². The monoisotopic (exact) mass is 210 g/mol. The second kappa shape index (κ2) is 5.12. The van der Waals surface area contributed by atoms with Gasteiger partial charge in [0.25, 0.3) is 0 Å². The second-order valence-corrected chi connectivity index (χ2v) is 3.41. The van der Waals surface area contributed by atoms with Crippen LogP contribution in [0.4, 0.5) is 0 Å². The maximum absolute atomic E-state index is 9.00. The molecule has 79 valence electrons. The van der Waals surface area contributed by atoms with Crippen molar-refractivity contribution in [3.63, 3.8) is 0 Å². The van der Waals surface area contributed by atoms with Gasteiger partial charge in [-0.3, -0.25) is 0 Å². The summed E-state index contributed by atoms with van der Waals surface area (Å²) in [5, 5.41) is 12.3. The van der Waals surface area contributed by atoms with Crippen LogP contribution >= 0.6 is 0 Å². The smallest absolute Gasteiger partial charge is 0.0952 e. The Morgan fingerprint density at radius 2 is 1.44 bits per heavy atom. The molecule has 2 nitrogen and oxygen atoms in total. The highest BCUT2D eigenvalue weighted by molar-refractivity contribution is 6.08. The van der Waals surface area contributed by atoms with E-state index >= 15 is 0 Å². The maximum atomic E-state index is 9.00. The van der Waals surface area contributed by atoms with Gasteiger partial charge in [0, 0.05) is 6.42 Å². The summed E-state index contributed by atoms with van der Waals surface area (Å²) in [6.07, 6.45) is 1.84. The van der Waals surface area contributed by atoms with E-state index < -0.39 is 0 Å². The molecule has 2 rings (SSSR count). The number of oxime groups is 1. The number of hydrogen-bond acceptors (Lipinski definition) is 2. The highest BCUT2D eigenvalue weighted by Crippen LogP contribution is 2.09. The normalized spacial score (nSPS) is 11.4. The lowest BCUT2D eigenvalue weighted by molar-refractivity contribution is 0.319. The van der Waals surface area contributed by atoms with Crippen LogP contribution < -0.4 is 0 Å². The van der Waals surface area contributed by atoms with E-state index in [1.165, 1.54) is 0 Å². The Balaban J connectivity index is 2.20. The van der Waals surface area contributed by atoms with Crippen molar-refractivity contribution >= 4 is 5.71 Å². The molecular formula is C14H12NO. The van der Waals surface area contributed by atoms with Crippen LogP contribution in [0.25, 0.3) is 0 Å². The van der Waals surface area contributed by atoms with Crippen molar-refractivity contribution < 1.29 is 5.21 Å². The van der Waals surface area contributed by atoms with Crippen LogP contribution in [-0.4, -0.2) is 10.9 Å². The minimum atomic E-state index is 0.562. The van der Waals surface area contributed by atoms with Gasteiger partial charge in [0.05, 0.1) is 5.71 Å². The quantitative estimate of drug-likeness (QED) is 0.471. The molecule has 0 heterocycles. The molecule has 1 N–H and O–H groups in total. The summed E-state index contributed by atoms with van der Waals surface area (Å²) in [7, 11) is 0. The minimum Gasteiger partial charge on any atom is -0.411 e. The minimum absolute atomic E-state index is 0.562. The Morgan fingerprint density at radius 3 is 2.00 bits per heavy atom. The largest absolute Gasteiger partial charge is 0.411 e. The lowest BCUT2D eigenvalue weighted by atomic mass is 10.0. The van der Waals surface area contributed by atoms with Crippen LogP contribution in [0.3, 0.4) is 0 Å². The fraction of sp³-hybridized carbons (Fsp3) is 0. The van der Waals surface area contributed by atoms with E-state index in [9.17, 15) is 0 Å². The van der Waals surface area contributed by atoms with Crippen molar-refractivity contribution in [3.05, 3.63) is 78.2 Å². The zero-order valence-electron chi connectivity index (χ0n) is 8.75. The molecule has 0 saturated carbocycles. The first kappa shape index (κ1) is 10.4. The number of benzene rings is 2. The average molecular weight is 210 g/mol. The van der Waals surface area contributed by atoms with Crippen molar-refractivity contribution in [2.45, 2.75) is 0 Å². The Kier molecular flexibility index (Phi) is 3.34. The Labute approximate surface area is 94.9 Å². The average Bonchev–Trinajstić information content (AvgIpc) is 2.38. The van der Waals surface area contributed by atoms with Gasteiger partial charge < -0.3 is 5.21 Å². The van der Waals surface area contributed by atoms with E-state index in [2.05, 4.69) is 5.16 Å². The highest BCUT2D eigenvalue weighted by atomic mass is 16.4. The van der Waals surface area contributed by atoms with Gasteiger partial charge in [-0.2, -0.15) is 0 Å². The van der Waals surface area contributed by atoms with Gasteiger partial charge in [-0.05, 0) is 11.1 Å². The molecule has 1 radical (unpaired) electrons. The Bertz CT molecular complexity index is 463. The lowest BCUT2D eigenvalue weighted by Crippen LogP contribution is -2.02. The summed E-state index contributed by atoms with van der Waals surface area (Å²) < 4.78 is 0. The van der Waals surface area contributed by atoms with E-state index in [4.69, 9.17) is 5.21 Å². The summed E-state index contributed by atoms with van der Waals surface area (Å²) in [6, 6.07) is 19.4. The summed E-state index contributed by atoms with van der Waals surface area (Å²) in [5.74, 6) is 0. The van der Waals surface area contributed by atoms with Crippen LogP contribution in [0.2, 0.25) is 0 Å². The molecule has 2 aromatic carbocycles. The summed E-state index contributed by atoms with van der Waals surface area (Å²) in [5.41, 5.74) is 2.47. The van der Waals surface area contributed by atoms with Crippen LogP contribution in [-0.2, 0) is 0 Å². The molecule has 2 heteroatoms. The zero-order chi connectivity index (χ0) is 11.2. The molecule has 0 saturated heterocycles. The van der Waals surface area contributed by atoms with Gasteiger partial charge in [-0.1, -0.05) is 65.8 Å². The Hall–Kier alpha value is -2.09. The first-order valence-electron chi connectivity index (χ1n) is 5.07. The van der Waals surface area contributed by atoms with Crippen LogP contribution in [0, 0.1) is 6.42 Å². The standard InChI is InChI=1S/C14H12NO/c16-15-14(13-9-5-2-6-10-13)11-12-7-3-1-4-8-12/h1-11,16H. The number of nitrogens with zero attached hydrogens (tertiary/aromatic N) is 1. The van der Waals surface area contributed by atoms with Crippen molar-refractivity contribution in [2.24, 2.45) is 5.16 Å². The molecule has 16 heavy (non-hydrogen) atoms. The van der Waals surface area contributed by atoms with Crippen molar-refractivity contribution in [2.75, 3.05) is 0 Å². The third-order valence-corrected chi connectivity index (χ3v) is 2.28. The Morgan fingerprint density at radius 1 is 0.875 bits per heavy atom. The van der Waals surface area contributed by atoms with Crippen LogP contribution in [0.5, 0.6) is 0 Å². The molecule has 0 bridgehead atoms. The summed E-state index contributed by atoms with van der Waals surface area (Å²) >= 11 is 0. The van der Waals surface area contributed by atoms with Crippen LogP contribution in [0.1, 0.15) is 11.1 Å². The zero-order valence-corrected chi connectivity index (χ0v) is 8.75. The van der Waals surface area contributed by atoms with Crippen molar-refractivity contribution in [1.82, 2.24) is 0 Å². The van der Waals surface area contributed by atoms with Gasteiger partial charge >= 0.3 is 0 Å². The fourth-order valence-corrected chi connectivity index (χ4v) is 1.49. The second-order valence-electron chi connectivity index (χ2n) is 3.41. The summed E-state index contributed by atoms with van der Waals surface area (Å²) in [6.45, 7) is 0.